The number of amides is 2. The van der Waals surface area contributed by atoms with Crippen molar-refractivity contribution in [3.05, 3.63) is 113 Å². The summed E-state index contributed by atoms with van der Waals surface area (Å²) in [5, 5.41) is 2.99. The average Bonchev–Trinajstić information content (AvgIpc) is 2.93. The first-order valence-electron chi connectivity index (χ1n) is 11.9. The van der Waals surface area contributed by atoms with E-state index in [1.807, 2.05) is 73.7 Å². The molecule has 0 saturated carbocycles. The maximum Gasteiger partial charge on any atom is 0.259 e. The lowest BCUT2D eigenvalue weighted by molar-refractivity contribution is -0.118. The molecule has 186 valence electrons. The van der Waals surface area contributed by atoms with Gasteiger partial charge in [0.2, 0.25) is 5.91 Å². The maximum absolute atomic E-state index is 14.0. The van der Waals surface area contributed by atoms with Gasteiger partial charge in [0.15, 0.2) is 0 Å². The highest BCUT2D eigenvalue weighted by Gasteiger charge is 2.45. The largest absolute Gasteiger partial charge is 0.497 e. The molecule has 5 rings (SSSR count). The van der Waals surface area contributed by atoms with Gasteiger partial charge in [-0.05, 0) is 72.6 Å². The Kier molecular flexibility index (Phi) is 6.60. The van der Waals surface area contributed by atoms with E-state index in [9.17, 15) is 9.59 Å². The summed E-state index contributed by atoms with van der Waals surface area (Å²) in [6.07, 6.45) is 0. The van der Waals surface area contributed by atoms with Crippen LogP contribution in [-0.4, -0.2) is 31.0 Å². The zero-order valence-corrected chi connectivity index (χ0v) is 20.8. The molecule has 2 heterocycles. The van der Waals surface area contributed by atoms with E-state index < -0.39 is 12.0 Å². The number of ether oxygens (including phenoxy) is 2. The Morgan fingerprint density at radius 1 is 0.838 bits per heavy atom. The Balaban J connectivity index is 1.68. The Bertz CT molecular complexity index is 1430. The molecule has 7 heteroatoms. The number of nitrogens with one attached hydrogen (secondary N) is 1. The highest BCUT2D eigenvalue weighted by molar-refractivity contribution is 6.12. The molecule has 1 aromatic heterocycles. The monoisotopic (exact) mass is 493 g/mol. The Morgan fingerprint density at radius 3 is 2.14 bits per heavy atom. The number of nitrogens with zero attached hydrogens (tertiary/aromatic N) is 2. The molecule has 2 amide bonds. The maximum atomic E-state index is 14.0. The van der Waals surface area contributed by atoms with Gasteiger partial charge in [-0.1, -0.05) is 36.4 Å². The molecule has 0 fully saturated rings. The van der Waals surface area contributed by atoms with Crippen molar-refractivity contribution in [1.82, 2.24) is 4.98 Å². The summed E-state index contributed by atoms with van der Waals surface area (Å²) in [6, 6.07) is 26.9. The van der Waals surface area contributed by atoms with Crippen LogP contribution >= 0.6 is 0 Å². The third-order valence-corrected chi connectivity index (χ3v) is 6.57. The molecule has 0 spiro atoms. The van der Waals surface area contributed by atoms with Crippen LogP contribution in [0.25, 0.3) is 0 Å². The number of rotatable bonds is 6. The molecule has 1 aliphatic rings. The van der Waals surface area contributed by atoms with Crippen LogP contribution in [0, 0.1) is 6.92 Å². The quantitative estimate of drug-likeness (QED) is 0.382. The second-order valence-corrected chi connectivity index (χ2v) is 8.81. The number of aryl methyl sites for hydroxylation is 1. The predicted molar refractivity (Wildman–Crippen MR) is 142 cm³/mol. The second kappa shape index (κ2) is 10.1. The first kappa shape index (κ1) is 24.1. The SMILES string of the molecule is COc1ccc(C2C(C(=O)Nc3cccc(C)n3)c3ccccc3C(=O)N2c2ccc(OC)cc2)cc1. The summed E-state index contributed by atoms with van der Waals surface area (Å²) in [7, 11) is 3.20. The summed E-state index contributed by atoms with van der Waals surface area (Å²) < 4.78 is 10.7. The smallest absolute Gasteiger partial charge is 0.259 e. The minimum atomic E-state index is -0.702. The molecule has 0 radical (unpaired) electrons. The fourth-order valence-corrected chi connectivity index (χ4v) is 4.80. The predicted octanol–water partition coefficient (Wildman–Crippen LogP) is 5.53. The molecule has 0 bridgehead atoms. The van der Waals surface area contributed by atoms with Gasteiger partial charge in [0, 0.05) is 16.9 Å². The lowest BCUT2D eigenvalue weighted by Crippen LogP contribution is -2.46. The van der Waals surface area contributed by atoms with Crippen molar-refractivity contribution in [3.63, 3.8) is 0 Å². The van der Waals surface area contributed by atoms with Crippen LogP contribution in [0.2, 0.25) is 0 Å². The first-order chi connectivity index (χ1) is 18.0. The van der Waals surface area contributed by atoms with Crippen molar-refractivity contribution in [2.75, 3.05) is 24.4 Å². The normalized spacial score (nSPS) is 16.6. The van der Waals surface area contributed by atoms with Gasteiger partial charge in [0.25, 0.3) is 5.91 Å². The van der Waals surface area contributed by atoms with Crippen molar-refractivity contribution >= 4 is 23.3 Å². The van der Waals surface area contributed by atoms with Crippen LogP contribution in [-0.2, 0) is 4.79 Å². The van der Waals surface area contributed by atoms with Crippen LogP contribution in [0.5, 0.6) is 11.5 Å². The summed E-state index contributed by atoms with van der Waals surface area (Å²) in [5.41, 5.74) is 3.41. The highest BCUT2D eigenvalue weighted by atomic mass is 16.5. The Morgan fingerprint density at radius 2 is 1.49 bits per heavy atom. The standard InChI is InChI=1S/C30H27N3O4/c1-19-7-6-10-26(31-19)32-29(34)27-24-8-4-5-9-25(24)30(35)33(21-13-17-23(37-3)18-14-21)28(27)20-11-15-22(36-2)16-12-20/h4-18,27-28H,1-3H3,(H,31,32,34). The van der Waals surface area contributed by atoms with E-state index in [2.05, 4.69) is 10.3 Å². The summed E-state index contributed by atoms with van der Waals surface area (Å²) >= 11 is 0. The van der Waals surface area contributed by atoms with Crippen molar-refractivity contribution in [2.24, 2.45) is 0 Å². The van der Waals surface area contributed by atoms with Gasteiger partial charge in [-0.25, -0.2) is 4.98 Å². The average molecular weight is 494 g/mol. The van der Waals surface area contributed by atoms with E-state index in [1.54, 1.807) is 43.4 Å². The lowest BCUT2D eigenvalue weighted by atomic mass is 9.78. The molecular weight excluding hydrogens is 466 g/mol. The minimum Gasteiger partial charge on any atom is -0.497 e. The number of pyridine rings is 1. The molecule has 0 saturated heterocycles. The molecule has 7 nitrogen and oxygen atoms in total. The van der Waals surface area contributed by atoms with Gasteiger partial charge >= 0.3 is 0 Å². The van der Waals surface area contributed by atoms with E-state index in [4.69, 9.17) is 9.47 Å². The number of anilines is 2. The van der Waals surface area contributed by atoms with E-state index in [1.165, 1.54) is 0 Å². The van der Waals surface area contributed by atoms with Crippen molar-refractivity contribution in [3.8, 4) is 11.5 Å². The third kappa shape index (κ3) is 4.63. The number of methoxy groups -OCH3 is 2. The number of aromatic nitrogens is 1. The minimum absolute atomic E-state index is 0.181. The van der Waals surface area contributed by atoms with E-state index in [0.717, 1.165) is 11.3 Å². The van der Waals surface area contributed by atoms with Crippen LogP contribution in [0.1, 0.15) is 39.1 Å². The summed E-state index contributed by atoms with van der Waals surface area (Å²) in [5.74, 6) is 0.689. The second-order valence-electron chi connectivity index (χ2n) is 8.81. The summed E-state index contributed by atoms with van der Waals surface area (Å²) in [6.45, 7) is 1.87. The van der Waals surface area contributed by atoms with Crippen LogP contribution in [0.3, 0.4) is 0 Å². The van der Waals surface area contributed by atoms with Gasteiger partial charge in [-0.2, -0.15) is 0 Å². The van der Waals surface area contributed by atoms with Gasteiger partial charge in [-0.3, -0.25) is 14.5 Å². The van der Waals surface area contributed by atoms with Gasteiger partial charge < -0.3 is 14.8 Å². The molecule has 2 atom stereocenters. The number of hydrogen-bond donors (Lipinski definition) is 1. The van der Waals surface area contributed by atoms with Gasteiger partial charge in [-0.15, -0.1) is 0 Å². The Labute approximate surface area is 215 Å². The van der Waals surface area contributed by atoms with Crippen LogP contribution < -0.4 is 19.7 Å². The zero-order chi connectivity index (χ0) is 25.9. The van der Waals surface area contributed by atoms with Crippen molar-refractivity contribution in [1.29, 1.82) is 0 Å². The van der Waals surface area contributed by atoms with Crippen LogP contribution in [0.15, 0.2) is 91.0 Å². The van der Waals surface area contributed by atoms with Crippen molar-refractivity contribution in [2.45, 2.75) is 18.9 Å². The number of hydrogen-bond acceptors (Lipinski definition) is 5. The van der Waals surface area contributed by atoms with E-state index >= 15 is 0 Å². The van der Waals surface area contributed by atoms with Crippen LogP contribution in [0.4, 0.5) is 11.5 Å². The highest BCUT2D eigenvalue weighted by Crippen LogP contribution is 2.46. The number of carbonyl (C=O) groups is 2. The molecular formula is C30H27N3O4. The van der Waals surface area contributed by atoms with Gasteiger partial charge in [0.05, 0.1) is 26.2 Å². The molecule has 4 aromatic rings. The molecule has 0 aliphatic carbocycles. The zero-order valence-electron chi connectivity index (χ0n) is 20.8. The van der Waals surface area contributed by atoms with Crippen molar-refractivity contribution < 1.29 is 19.1 Å². The molecule has 1 aliphatic heterocycles. The molecule has 3 aromatic carbocycles. The van der Waals surface area contributed by atoms with E-state index in [-0.39, 0.29) is 11.8 Å². The number of fused-ring (bicyclic) bond motifs is 1. The third-order valence-electron chi connectivity index (χ3n) is 6.57. The van der Waals surface area contributed by atoms with Gasteiger partial charge in [0.1, 0.15) is 17.3 Å². The Hall–Kier alpha value is -4.65. The fourth-order valence-electron chi connectivity index (χ4n) is 4.80. The van der Waals surface area contributed by atoms with E-state index in [0.29, 0.717) is 34.1 Å². The fraction of sp³-hybridized carbons (Fsp3) is 0.167. The topological polar surface area (TPSA) is 80.8 Å². The lowest BCUT2D eigenvalue weighted by Gasteiger charge is -2.41. The summed E-state index contributed by atoms with van der Waals surface area (Å²) in [4.78, 5) is 34.1. The molecule has 2 unspecified atom stereocenters. The first-order valence-corrected chi connectivity index (χ1v) is 11.9. The molecule has 37 heavy (non-hydrogen) atoms. The number of benzene rings is 3. The number of carbonyl (C=O) groups excluding carboxylic acids is 2. The molecule has 1 N–H and O–H groups in total.